The molecule has 1 atom stereocenters. The Labute approximate surface area is 127 Å². The number of benzene rings is 2. The summed E-state index contributed by atoms with van der Waals surface area (Å²) in [6.07, 6.45) is 2.45. The Bertz CT molecular complexity index is 707. The Kier molecular flexibility index (Phi) is 4.00. The first kappa shape index (κ1) is 14.1. The number of nitrogens with zero attached hydrogens (tertiary/aromatic N) is 2. The van der Waals surface area contributed by atoms with Crippen molar-refractivity contribution in [2.24, 2.45) is 4.99 Å². The number of para-hydroxylation sites is 3. The van der Waals surface area contributed by atoms with Gasteiger partial charge in [-0.05, 0) is 24.1 Å². The van der Waals surface area contributed by atoms with E-state index in [9.17, 15) is 10.1 Å². The Morgan fingerprint density at radius 3 is 2.64 bits per heavy atom. The lowest BCUT2D eigenvalue weighted by molar-refractivity contribution is -0.385. The largest absolute Gasteiger partial charge is 0.450 e. The van der Waals surface area contributed by atoms with Crippen molar-refractivity contribution in [1.29, 1.82) is 0 Å². The number of aliphatic imine (C=N–C) groups is 1. The summed E-state index contributed by atoms with van der Waals surface area (Å²) < 4.78 is 5.80. The number of hydrogen-bond donors (Lipinski definition) is 1. The molecule has 0 saturated heterocycles. The fourth-order valence-electron chi connectivity index (χ4n) is 2.36. The lowest BCUT2D eigenvalue weighted by atomic mass is 10.1. The molecule has 0 bridgehead atoms. The summed E-state index contributed by atoms with van der Waals surface area (Å²) in [5, 5.41) is 14.2. The van der Waals surface area contributed by atoms with Gasteiger partial charge in [0.15, 0.2) is 0 Å². The minimum Gasteiger partial charge on any atom is -0.450 e. The number of ether oxygens (including phenoxy) is 1. The first-order chi connectivity index (χ1) is 10.7. The van der Waals surface area contributed by atoms with E-state index in [1.165, 1.54) is 6.07 Å². The van der Waals surface area contributed by atoms with Gasteiger partial charge in [0.2, 0.25) is 5.75 Å². The van der Waals surface area contributed by atoms with Crippen molar-refractivity contribution in [2.45, 2.75) is 12.5 Å². The summed E-state index contributed by atoms with van der Waals surface area (Å²) in [5.41, 5.74) is 0.947. The van der Waals surface area contributed by atoms with Crippen LogP contribution in [0, 0.1) is 10.1 Å². The van der Waals surface area contributed by atoms with Gasteiger partial charge in [0, 0.05) is 6.07 Å². The summed E-state index contributed by atoms with van der Waals surface area (Å²) in [7, 11) is 0. The van der Waals surface area contributed by atoms with Gasteiger partial charge in [-0.2, -0.15) is 0 Å². The van der Waals surface area contributed by atoms with E-state index in [4.69, 9.17) is 4.74 Å². The summed E-state index contributed by atoms with van der Waals surface area (Å²) >= 11 is 0. The van der Waals surface area contributed by atoms with Crippen LogP contribution in [0.25, 0.3) is 0 Å². The van der Waals surface area contributed by atoms with Crippen molar-refractivity contribution < 1.29 is 9.66 Å². The maximum atomic E-state index is 11.1. The highest BCUT2D eigenvalue weighted by Gasteiger charge is 2.18. The third-order valence-electron chi connectivity index (χ3n) is 3.45. The molecule has 112 valence electrons. The number of nitro benzene ring substituents is 1. The van der Waals surface area contributed by atoms with E-state index in [1.54, 1.807) is 24.5 Å². The van der Waals surface area contributed by atoms with Crippen LogP contribution < -0.4 is 10.1 Å². The van der Waals surface area contributed by atoms with E-state index in [-0.39, 0.29) is 17.5 Å². The van der Waals surface area contributed by atoms with Crippen LogP contribution in [-0.2, 0) is 6.42 Å². The van der Waals surface area contributed by atoms with Crippen LogP contribution >= 0.6 is 0 Å². The molecule has 3 rings (SSSR count). The average Bonchev–Trinajstić information content (AvgIpc) is 3.02. The summed E-state index contributed by atoms with van der Waals surface area (Å²) in [5.74, 6) is 0.876. The molecule has 1 unspecified atom stereocenters. The lowest BCUT2D eigenvalue weighted by Gasteiger charge is -2.14. The molecule has 0 aliphatic carbocycles. The second kappa shape index (κ2) is 6.26. The normalized spacial score (nSPS) is 16.3. The molecule has 0 aromatic heterocycles. The van der Waals surface area contributed by atoms with Crippen molar-refractivity contribution >= 4 is 12.0 Å². The molecule has 2 aromatic carbocycles. The van der Waals surface area contributed by atoms with Crippen LogP contribution in [-0.4, -0.2) is 23.8 Å². The fraction of sp³-hybridized carbons (Fsp3) is 0.188. The molecular formula is C16H15N3O3. The quantitative estimate of drug-likeness (QED) is 0.680. The Morgan fingerprint density at radius 1 is 1.18 bits per heavy atom. The molecule has 6 nitrogen and oxygen atoms in total. The van der Waals surface area contributed by atoms with Gasteiger partial charge in [-0.1, -0.05) is 30.3 Å². The van der Waals surface area contributed by atoms with Crippen molar-refractivity contribution in [3.05, 3.63) is 64.2 Å². The number of hydrogen-bond acceptors (Lipinski definition) is 5. The topological polar surface area (TPSA) is 76.8 Å². The van der Waals surface area contributed by atoms with Crippen LogP contribution in [0.3, 0.4) is 0 Å². The molecule has 0 radical (unpaired) electrons. The van der Waals surface area contributed by atoms with Gasteiger partial charge in [-0.3, -0.25) is 15.1 Å². The molecular weight excluding hydrogens is 282 g/mol. The number of nitro groups is 1. The second-order valence-electron chi connectivity index (χ2n) is 5.00. The molecule has 0 fully saturated rings. The maximum absolute atomic E-state index is 11.1. The highest BCUT2D eigenvalue weighted by molar-refractivity contribution is 5.57. The molecule has 1 aliphatic rings. The molecule has 0 spiro atoms. The Hall–Kier alpha value is -2.89. The van der Waals surface area contributed by atoms with Gasteiger partial charge in [-0.15, -0.1) is 0 Å². The van der Waals surface area contributed by atoms with Crippen molar-refractivity contribution in [3.8, 4) is 11.5 Å². The predicted octanol–water partition coefficient (Wildman–Crippen LogP) is 2.93. The van der Waals surface area contributed by atoms with Gasteiger partial charge >= 0.3 is 5.69 Å². The van der Waals surface area contributed by atoms with Gasteiger partial charge in [0.1, 0.15) is 5.75 Å². The van der Waals surface area contributed by atoms with Crippen molar-refractivity contribution in [1.82, 2.24) is 5.32 Å². The minimum atomic E-state index is -0.440. The smallest absolute Gasteiger partial charge is 0.311 e. The third-order valence-corrected chi connectivity index (χ3v) is 3.45. The average molecular weight is 297 g/mol. The zero-order valence-corrected chi connectivity index (χ0v) is 11.8. The molecule has 0 saturated carbocycles. The number of nitrogens with one attached hydrogen (secondary N) is 1. The Balaban J connectivity index is 1.85. The molecule has 1 N–H and O–H groups in total. The SMILES string of the molecule is O=[N+]([O-])c1ccccc1Oc1ccccc1CC1CN=CN1. The van der Waals surface area contributed by atoms with E-state index < -0.39 is 4.92 Å². The van der Waals surface area contributed by atoms with Gasteiger partial charge in [0.05, 0.1) is 23.8 Å². The monoisotopic (exact) mass is 297 g/mol. The first-order valence-corrected chi connectivity index (χ1v) is 6.97. The third kappa shape index (κ3) is 3.06. The molecule has 22 heavy (non-hydrogen) atoms. The van der Waals surface area contributed by atoms with E-state index in [1.807, 2.05) is 24.3 Å². The molecule has 2 aromatic rings. The van der Waals surface area contributed by atoms with E-state index in [0.717, 1.165) is 18.5 Å². The summed E-state index contributed by atoms with van der Waals surface area (Å²) in [4.78, 5) is 14.8. The van der Waals surface area contributed by atoms with E-state index >= 15 is 0 Å². The van der Waals surface area contributed by atoms with Crippen molar-refractivity contribution in [3.63, 3.8) is 0 Å². The molecule has 0 amide bonds. The second-order valence-corrected chi connectivity index (χ2v) is 5.00. The highest BCUT2D eigenvalue weighted by Crippen LogP contribution is 2.32. The zero-order chi connectivity index (χ0) is 15.4. The standard InChI is InChI=1S/C16H15N3O3/c20-19(21)14-6-2-4-8-16(14)22-15-7-3-1-5-12(15)9-13-10-17-11-18-13/h1-8,11,13H,9-10H2,(H,17,18). The summed E-state index contributed by atoms with van der Waals surface area (Å²) in [6, 6.07) is 14.2. The number of rotatable bonds is 5. The van der Waals surface area contributed by atoms with E-state index in [0.29, 0.717) is 5.75 Å². The lowest BCUT2D eigenvalue weighted by Crippen LogP contribution is -2.27. The highest BCUT2D eigenvalue weighted by atomic mass is 16.6. The van der Waals surface area contributed by atoms with Crippen LogP contribution in [0.4, 0.5) is 5.69 Å². The van der Waals surface area contributed by atoms with Crippen molar-refractivity contribution in [2.75, 3.05) is 6.54 Å². The molecule has 1 aliphatic heterocycles. The first-order valence-electron chi connectivity index (χ1n) is 6.97. The van der Waals surface area contributed by atoms with Crippen LogP contribution in [0.5, 0.6) is 11.5 Å². The van der Waals surface area contributed by atoms with Gasteiger partial charge in [-0.25, -0.2) is 0 Å². The molecule has 1 heterocycles. The minimum absolute atomic E-state index is 0.0420. The van der Waals surface area contributed by atoms with E-state index in [2.05, 4.69) is 10.3 Å². The van der Waals surface area contributed by atoms with Crippen LogP contribution in [0.1, 0.15) is 5.56 Å². The van der Waals surface area contributed by atoms with Crippen LogP contribution in [0.15, 0.2) is 53.5 Å². The summed E-state index contributed by atoms with van der Waals surface area (Å²) in [6.45, 7) is 0.722. The maximum Gasteiger partial charge on any atom is 0.311 e. The fourth-order valence-corrected chi connectivity index (χ4v) is 2.36. The predicted molar refractivity (Wildman–Crippen MR) is 83.6 cm³/mol. The molecule has 6 heteroatoms. The van der Waals surface area contributed by atoms with Gasteiger partial charge in [0.25, 0.3) is 0 Å². The zero-order valence-electron chi connectivity index (χ0n) is 11.8. The Morgan fingerprint density at radius 2 is 1.91 bits per heavy atom. The van der Waals surface area contributed by atoms with Crippen LogP contribution in [0.2, 0.25) is 0 Å². The van der Waals surface area contributed by atoms with Gasteiger partial charge < -0.3 is 10.1 Å².